The van der Waals surface area contributed by atoms with Crippen LogP contribution in [0.15, 0.2) is 48.5 Å². The summed E-state index contributed by atoms with van der Waals surface area (Å²) in [6.45, 7) is 5.19. The third-order valence-corrected chi connectivity index (χ3v) is 4.05. The van der Waals surface area contributed by atoms with Gasteiger partial charge in [-0.15, -0.1) is 0 Å². The van der Waals surface area contributed by atoms with Crippen molar-refractivity contribution < 1.29 is 8.78 Å². The summed E-state index contributed by atoms with van der Waals surface area (Å²) in [5.41, 5.74) is 1.63. The first-order chi connectivity index (χ1) is 10.6. The Bertz CT molecular complexity index is 552. The zero-order chi connectivity index (χ0) is 15.9. The van der Waals surface area contributed by atoms with Gasteiger partial charge in [0, 0.05) is 0 Å². The molecule has 0 fully saturated rings. The molecule has 2 aromatic rings. The van der Waals surface area contributed by atoms with Crippen molar-refractivity contribution in [1.29, 1.82) is 0 Å². The van der Waals surface area contributed by atoms with Gasteiger partial charge in [-0.25, -0.2) is 8.78 Å². The van der Waals surface area contributed by atoms with Gasteiger partial charge in [-0.05, 0) is 54.3 Å². The molecule has 1 N–H and O–H groups in total. The van der Waals surface area contributed by atoms with E-state index in [0.717, 1.165) is 30.5 Å². The molecule has 0 aliphatic heterocycles. The van der Waals surface area contributed by atoms with Crippen molar-refractivity contribution in [2.24, 2.45) is 5.92 Å². The predicted molar refractivity (Wildman–Crippen MR) is 86.7 cm³/mol. The van der Waals surface area contributed by atoms with Crippen molar-refractivity contribution in [3.8, 4) is 0 Å². The van der Waals surface area contributed by atoms with Gasteiger partial charge in [0.1, 0.15) is 11.6 Å². The fourth-order valence-corrected chi connectivity index (χ4v) is 2.48. The van der Waals surface area contributed by atoms with Crippen molar-refractivity contribution in [1.82, 2.24) is 5.32 Å². The van der Waals surface area contributed by atoms with Gasteiger partial charge < -0.3 is 5.32 Å². The number of benzene rings is 2. The molecule has 118 valence electrons. The van der Waals surface area contributed by atoms with Crippen LogP contribution >= 0.6 is 0 Å². The van der Waals surface area contributed by atoms with E-state index in [-0.39, 0.29) is 17.7 Å². The Labute approximate surface area is 131 Å². The normalized spacial score (nSPS) is 12.6. The average Bonchev–Trinajstić information content (AvgIpc) is 2.51. The highest BCUT2D eigenvalue weighted by atomic mass is 19.1. The van der Waals surface area contributed by atoms with Crippen molar-refractivity contribution in [2.45, 2.75) is 32.7 Å². The summed E-state index contributed by atoms with van der Waals surface area (Å²) in [5, 5.41) is 3.44. The van der Waals surface area contributed by atoms with Gasteiger partial charge in [0.15, 0.2) is 0 Å². The fourth-order valence-electron chi connectivity index (χ4n) is 2.48. The lowest BCUT2D eigenvalue weighted by atomic mass is 9.97. The molecule has 1 nitrogen and oxygen atoms in total. The molecule has 0 aliphatic rings. The second kappa shape index (κ2) is 8.04. The Kier molecular flexibility index (Phi) is 6.08. The Balaban J connectivity index is 2.21. The molecule has 0 amide bonds. The van der Waals surface area contributed by atoms with E-state index in [0.29, 0.717) is 5.92 Å². The fraction of sp³-hybridized carbons (Fsp3) is 0.368. The number of nitrogens with one attached hydrogen (secondary N) is 1. The summed E-state index contributed by atoms with van der Waals surface area (Å²) < 4.78 is 27.1. The van der Waals surface area contributed by atoms with E-state index in [2.05, 4.69) is 19.2 Å². The van der Waals surface area contributed by atoms with Gasteiger partial charge in [0.25, 0.3) is 0 Å². The van der Waals surface area contributed by atoms with Crippen LogP contribution in [0.3, 0.4) is 0 Å². The summed E-state index contributed by atoms with van der Waals surface area (Å²) in [7, 11) is 0. The Morgan fingerprint density at radius 2 is 1.50 bits per heavy atom. The Morgan fingerprint density at radius 3 is 1.95 bits per heavy atom. The molecule has 0 aromatic heterocycles. The minimum atomic E-state index is -0.275. The SMILES string of the molecule is CC[C@@H](C)CCNC(c1cccc(F)c1)c1cccc(F)c1. The summed E-state index contributed by atoms with van der Waals surface area (Å²) in [5.74, 6) is 0.0819. The minimum absolute atomic E-state index is 0.199. The van der Waals surface area contributed by atoms with Crippen LogP contribution in [-0.4, -0.2) is 6.54 Å². The van der Waals surface area contributed by atoms with E-state index >= 15 is 0 Å². The molecule has 1 atom stereocenters. The van der Waals surface area contributed by atoms with E-state index < -0.39 is 0 Å². The maximum absolute atomic E-state index is 13.5. The molecule has 0 saturated carbocycles. The lowest BCUT2D eigenvalue weighted by molar-refractivity contribution is 0.470. The monoisotopic (exact) mass is 303 g/mol. The van der Waals surface area contributed by atoms with Gasteiger partial charge in [-0.2, -0.15) is 0 Å². The van der Waals surface area contributed by atoms with E-state index in [1.54, 1.807) is 12.1 Å². The lowest BCUT2D eigenvalue weighted by Gasteiger charge is -2.21. The quantitative estimate of drug-likeness (QED) is 0.752. The third-order valence-electron chi connectivity index (χ3n) is 4.05. The third kappa shape index (κ3) is 4.63. The van der Waals surface area contributed by atoms with Crippen LogP contribution in [0.25, 0.3) is 0 Å². The van der Waals surface area contributed by atoms with Gasteiger partial charge in [0.2, 0.25) is 0 Å². The molecule has 2 aromatic carbocycles. The maximum atomic E-state index is 13.5. The van der Waals surface area contributed by atoms with E-state index in [9.17, 15) is 8.78 Å². The van der Waals surface area contributed by atoms with Gasteiger partial charge in [-0.3, -0.25) is 0 Å². The number of hydrogen-bond acceptors (Lipinski definition) is 1. The van der Waals surface area contributed by atoms with Gasteiger partial charge in [-0.1, -0.05) is 44.5 Å². The molecular weight excluding hydrogens is 280 g/mol. The predicted octanol–water partition coefficient (Wildman–Crippen LogP) is 5.08. The smallest absolute Gasteiger partial charge is 0.123 e. The van der Waals surface area contributed by atoms with E-state index in [4.69, 9.17) is 0 Å². The van der Waals surface area contributed by atoms with Crippen LogP contribution < -0.4 is 5.32 Å². The first kappa shape index (κ1) is 16.6. The molecule has 0 unspecified atom stereocenters. The van der Waals surface area contributed by atoms with Crippen molar-refractivity contribution in [2.75, 3.05) is 6.54 Å². The zero-order valence-corrected chi connectivity index (χ0v) is 13.2. The van der Waals surface area contributed by atoms with Crippen LogP contribution in [0.5, 0.6) is 0 Å². The molecular formula is C19H23F2N. The number of halogens is 2. The summed E-state index contributed by atoms with van der Waals surface area (Å²) in [6, 6.07) is 12.8. The largest absolute Gasteiger partial charge is 0.306 e. The van der Waals surface area contributed by atoms with Crippen LogP contribution in [0, 0.1) is 17.6 Å². The summed E-state index contributed by atoms with van der Waals surface area (Å²) in [4.78, 5) is 0. The van der Waals surface area contributed by atoms with E-state index in [1.807, 2.05) is 12.1 Å². The van der Waals surface area contributed by atoms with Crippen LogP contribution in [0.4, 0.5) is 8.78 Å². The van der Waals surface area contributed by atoms with Crippen molar-refractivity contribution >= 4 is 0 Å². The zero-order valence-electron chi connectivity index (χ0n) is 13.2. The Hall–Kier alpha value is -1.74. The average molecular weight is 303 g/mol. The number of rotatable bonds is 7. The molecule has 3 heteroatoms. The van der Waals surface area contributed by atoms with Gasteiger partial charge in [0.05, 0.1) is 6.04 Å². The molecule has 0 bridgehead atoms. The lowest BCUT2D eigenvalue weighted by Crippen LogP contribution is -2.25. The van der Waals surface area contributed by atoms with Gasteiger partial charge >= 0.3 is 0 Å². The summed E-state index contributed by atoms with van der Waals surface area (Å²) >= 11 is 0. The van der Waals surface area contributed by atoms with Crippen LogP contribution in [0.1, 0.15) is 43.9 Å². The van der Waals surface area contributed by atoms with Crippen LogP contribution in [0.2, 0.25) is 0 Å². The Morgan fingerprint density at radius 1 is 0.955 bits per heavy atom. The molecule has 2 rings (SSSR count). The summed E-state index contributed by atoms with van der Waals surface area (Å²) in [6.07, 6.45) is 2.17. The number of hydrogen-bond donors (Lipinski definition) is 1. The minimum Gasteiger partial charge on any atom is -0.306 e. The van der Waals surface area contributed by atoms with E-state index in [1.165, 1.54) is 24.3 Å². The first-order valence-corrected chi connectivity index (χ1v) is 7.84. The molecule has 0 spiro atoms. The molecule has 0 saturated heterocycles. The molecule has 22 heavy (non-hydrogen) atoms. The second-order valence-corrected chi connectivity index (χ2v) is 5.80. The highest BCUT2D eigenvalue weighted by Gasteiger charge is 2.15. The highest BCUT2D eigenvalue weighted by molar-refractivity contribution is 5.32. The topological polar surface area (TPSA) is 12.0 Å². The molecule has 0 aliphatic carbocycles. The second-order valence-electron chi connectivity index (χ2n) is 5.80. The molecule has 0 heterocycles. The standard InChI is InChI=1S/C19H23F2N/c1-3-14(2)10-11-22-19(15-6-4-8-17(20)12-15)16-7-5-9-18(21)13-16/h4-9,12-14,19,22H,3,10-11H2,1-2H3/t14-/m1/s1. The van der Waals surface area contributed by atoms with Crippen molar-refractivity contribution in [3.63, 3.8) is 0 Å². The van der Waals surface area contributed by atoms with Crippen LogP contribution in [-0.2, 0) is 0 Å². The first-order valence-electron chi connectivity index (χ1n) is 7.84. The molecule has 0 radical (unpaired) electrons. The van der Waals surface area contributed by atoms with Crippen molar-refractivity contribution in [3.05, 3.63) is 71.3 Å². The maximum Gasteiger partial charge on any atom is 0.123 e. The highest BCUT2D eigenvalue weighted by Crippen LogP contribution is 2.23.